The van der Waals surface area contributed by atoms with E-state index in [1.807, 2.05) is 0 Å². The van der Waals surface area contributed by atoms with Crippen molar-refractivity contribution in [1.29, 1.82) is 0 Å². The van der Waals surface area contributed by atoms with Crippen molar-refractivity contribution in [2.75, 3.05) is 0 Å². The average molecular weight is 96.1 g/mol. The number of aromatic nitrogens is 3. The molecule has 0 radical (unpaired) electrons. The van der Waals surface area contributed by atoms with Gasteiger partial charge in [0.1, 0.15) is 0 Å². The fraction of sp³-hybridized carbons (Fsp3) is 0. The van der Waals surface area contributed by atoms with E-state index in [0.29, 0.717) is 5.82 Å². The maximum atomic E-state index is 3.57. The molecule has 0 saturated heterocycles. The van der Waals surface area contributed by atoms with Crippen LogP contribution in [0.25, 0.3) is 0 Å². The van der Waals surface area contributed by atoms with E-state index < -0.39 is 0 Å². The van der Waals surface area contributed by atoms with Crippen LogP contribution in [-0.4, -0.2) is 22.1 Å². The minimum absolute atomic E-state index is 0.528. The monoisotopic (exact) mass is 96.0 g/mol. The van der Waals surface area contributed by atoms with Gasteiger partial charge >= 0.3 is 0 Å². The molecule has 0 saturated carbocycles. The van der Waals surface area contributed by atoms with Crippen LogP contribution in [0.5, 0.6) is 0 Å². The summed E-state index contributed by atoms with van der Waals surface area (Å²) in [5.41, 5.74) is 0. The molecule has 0 spiro atoms. The SMILES string of the molecule is C=Nc1cn[nH]n1. The van der Waals surface area contributed by atoms with Crippen molar-refractivity contribution in [2.45, 2.75) is 0 Å². The summed E-state index contributed by atoms with van der Waals surface area (Å²) >= 11 is 0. The predicted octanol–water partition coefficient (Wildman–Crippen LogP) is 0.137. The maximum Gasteiger partial charge on any atom is 0.193 e. The third kappa shape index (κ3) is 0.623. The number of H-pyrrole nitrogens is 1. The Bertz CT molecular complexity index is 142. The molecule has 0 unspecified atom stereocenters. The Morgan fingerprint density at radius 2 is 2.71 bits per heavy atom. The van der Waals surface area contributed by atoms with Gasteiger partial charge in [-0.3, -0.25) is 0 Å². The van der Waals surface area contributed by atoms with Crippen molar-refractivity contribution in [3.8, 4) is 0 Å². The lowest BCUT2D eigenvalue weighted by atomic mass is 10.8. The highest BCUT2D eigenvalue weighted by Crippen LogP contribution is 1.96. The van der Waals surface area contributed by atoms with E-state index in [2.05, 4.69) is 27.1 Å². The first kappa shape index (κ1) is 3.98. The van der Waals surface area contributed by atoms with E-state index in [1.165, 1.54) is 6.20 Å². The van der Waals surface area contributed by atoms with Gasteiger partial charge in [-0.2, -0.15) is 10.3 Å². The van der Waals surface area contributed by atoms with E-state index in [4.69, 9.17) is 0 Å². The quantitative estimate of drug-likeness (QED) is 0.505. The lowest BCUT2D eigenvalue weighted by Crippen LogP contribution is -1.63. The number of aliphatic imine (C=N–C) groups is 1. The highest BCUT2D eigenvalue weighted by atomic mass is 15.3. The van der Waals surface area contributed by atoms with Gasteiger partial charge in [-0.05, 0) is 6.72 Å². The second-order valence-electron chi connectivity index (χ2n) is 0.986. The Labute approximate surface area is 40.3 Å². The summed E-state index contributed by atoms with van der Waals surface area (Å²) in [6, 6.07) is 0. The largest absolute Gasteiger partial charge is 0.242 e. The molecule has 7 heavy (non-hydrogen) atoms. The molecule has 1 N–H and O–H groups in total. The molecule has 0 atom stereocenters. The molecule has 0 aliphatic carbocycles. The number of rotatable bonds is 1. The fourth-order valence-electron chi connectivity index (χ4n) is 0.272. The van der Waals surface area contributed by atoms with Crippen molar-refractivity contribution < 1.29 is 0 Å². The van der Waals surface area contributed by atoms with Gasteiger partial charge in [0.05, 0.1) is 6.20 Å². The zero-order chi connectivity index (χ0) is 5.11. The zero-order valence-electron chi connectivity index (χ0n) is 3.63. The molecule has 4 heteroatoms. The maximum absolute atomic E-state index is 3.57. The van der Waals surface area contributed by atoms with E-state index in [9.17, 15) is 0 Å². The number of aromatic amines is 1. The number of nitrogens with zero attached hydrogens (tertiary/aromatic N) is 3. The molecule has 1 rings (SSSR count). The lowest BCUT2D eigenvalue weighted by Gasteiger charge is -1.68. The predicted molar refractivity (Wildman–Crippen MR) is 25.6 cm³/mol. The zero-order valence-corrected chi connectivity index (χ0v) is 3.63. The summed E-state index contributed by atoms with van der Waals surface area (Å²) in [4.78, 5) is 3.48. The first-order chi connectivity index (χ1) is 3.43. The van der Waals surface area contributed by atoms with Crippen molar-refractivity contribution in [1.82, 2.24) is 15.4 Å². The van der Waals surface area contributed by atoms with Crippen LogP contribution in [0.15, 0.2) is 11.2 Å². The summed E-state index contributed by atoms with van der Waals surface area (Å²) in [6.45, 7) is 3.23. The third-order valence-corrected chi connectivity index (χ3v) is 0.564. The molecular weight excluding hydrogens is 92.1 g/mol. The van der Waals surface area contributed by atoms with E-state index in [-0.39, 0.29) is 0 Å². The first-order valence-corrected chi connectivity index (χ1v) is 1.76. The third-order valence-electron chi connectivity index (χ3n) is 0.564. The second kappa shape index (κ2) is 1.51. The van der Waals surface area contributed by atoms with Crippen LogP contribution in [0.4, 0.5) is 5.82 Å². The number of hydrogen-bond donors (Lipinski definition) is 1. The number of nitrogens with one attached hydrogen (secondary N) is 1. The van der Waals surface area contributed by atoms with Gasteiger partial charge in [0.25, 0.3) is 0 Å². The van der Waals surface area contributed by atoms with Gasteiger partial charge in [0, 0.05) is 0 Å². The van der Waals surface area contributed by atoms with Crippen LogP contribution in [0.1, 0.15) is 0 Å². The molecule has 0 aliphatic heterocycles. The smallest absolute Gasteiger partial charge is 0.193 e. The summed E-state index contributed by atoms with van der Waals surface area (Å²) in [6.07, 6.45) is 1.49. The summed E-state index contributed by atoms with van der Waals surface area (Å²) in [5.74, 6) is 0.528. The molecule has 1 aromatic heterocycles. The van der Waals surface area contributed by atoms with Gasteiger partial charge in [0.2, 0.25) is 0 Å². The Hall–Kier alpha value is -1.19. The van der Waals surface area contributed by atoms with Crippen molar-refractivity contribution in [2.24, 2.45) is 4.99 Å². The number of hydrogen-bond acceptors (Lipinski definition) is 3. The van der Waals surface area contributed by atoms with E-state index in [0.717, 1.165) is 0 Å². The molecular formula is C3H4N4. The summed E-state index contributed by atoms with van der Waals surface area (Å²) in [5, 5.41) is 9.44. The van der Waals surface area contributed by atoms with Crippen molar-refractivity contribution >= 4 is 12.5 Å². The van der Waals surface area contributed by atoms with E-state index in [1.54, 1.807) is 0 Å². The molecule has 0 aromatic carbocycles. The van der Waals surface area contributed by atoms with E-state index >= 15 is 0 Å². The van der Waals surface area contributed by atoms with Crippen molar-refractivity contribution in [3.63, 3.8) is 0 Å². The second-order valence-corrected chi connectivity index (χ2v) is 0.986. The van der Waals surface area contributed by atoms with Gasteiger partial charge in [-0.1, -0.05) is 0 Å². The molecule has 4 nitrogen and oxygen atoms in total. The highest BCUT2D eigenvalue weighted by molar-refractivity contribution is 5.36. The lowest BCUT2D eigenvalue weighted by molar-refractivity contribution is 0.940. The van der Waals surface area contributed by atoms with Gasteiger partial charge in [-0.15, -0.1) is 5.10 Å². The van der Waals surface area contributed by atoms with Crippen LogP contribution in [0.3, 0.4) is 0 Å². The Balaban J connectivity index is 2.96. The topological polar surface area (TPSA) is 53.9 Å². The molecule has 1 heterocycles. The molecule has 0 aliphatic rings. The van der Waals surface area contributed by atoms with Gasteiger partial charge in [0.15, 0.2) is 5.82 Å². The summed E-state index contributed by atoms with van der Waals surface area (Å²) < 4.78 is 0. The van der Waals surface area contributed by atoms with Crippen LogP contribution >= 0.6 is 0 Å². The fourth-order valence-corrected chi connectivity index (χ4v) is 0.272. The Morgan fingerprint density at radius 3 is 3.00 bits per heavy atom. The van der Waals surface area contributed by atoms with Gasteiger partial charge < -0.3 is 0 Å². The average Bonchev–Trinajstić information content (AvgIpc) is 2.14. The first-order valence-electron chi connectivity index (χ1n) is 1.76. The van der Waals surface area contributed by atoms with Crippen LogP contribution in [-0.2, 0) is 0 Å². The molecule has 0 fully saturated rings. The van der Waals surface area contributed by atoms with Crippen LogP contribution in [0.2, 0.25) is 0 Å². The van der Waals surface area contributed by atoms with Crippen LogP contribution in [0, 0.1) is 0 Å². The minimum Gasteiger partial charge on any atom is -0.242 e. The summed E-state index contributed by atoms with van der Waals surface area (Å²) in [7, 11) is 0. The highest BCUT2D eigenvalue weighted by Gasteiger charge is 1.82. The molecule has 0 bridgehead atoms. The molecule has 0 amide bonds. The standard InChI is InChI=1S/C3H4N4/c1-4-3-2-5-7-6-3/h2H,1H2,(H,5,6,7). The molecule has 1 aromatic rings. The normalized spacial score (nSPS) is 8.57. The van der Waals surface area contributed by atoms with Crippen molar-refractivity contribution in [3.05, 3.63) is 6.20 Å². The van der Waals surface area contributed by atoms with Crippen LogP contribution < -0.4 is 0 Å². The Kier molecular flexibility index (Phi) is 0.856. The Morgan fingerprint density at radius 1 is 1.86 bits per heavy atom. The van der Waals surface area contributed by atoms with Gasteiger partial charge in [-0.25, -0.2) is 4.99 Å². The molecule has 36 valence electrons. The minimum atomic E-state index is 0.528.